The topological polar surface area (TPSA) is 60.9 Å². The summed E-state index contributed by atoms with van der Waals surface area (Å²) in [6.07, 6.45) is 1.56. The number of morpholine rings is 1. The Hall–Kier alpha value is -2.26. The van der Waals surface area contributed by atoms with E-state index in [0.29, 0.717) is 28.8 Å². The molecule has 8 heteroatoms. The van der Waals surface area contributed by atoms with Crippen LogP contribution in [0.1, 0.15) is 22.2 Å². The van der Waals surface area contributed by atoms with Crippen LogP contribution in [0.15, 0.2) is 59.2 Å². The summed E-state index contributed by atoms with van der Waals surface area (Å²) in [5.41, 5.74) is 1.65. The molecule has 1 aromatic heterocycles. The molecule has 2 aromatic carbocycles. The summed E-state index contributed by atoms with van der Waals surface area (Å²) in [4.78, 5) is 20.0. The van der Waals surface area contributed by atoms with Crippen molar-refractivity contribution in [1.29, 1.82) is 0 Å². The molecule has 0 N–H and O–H groups in total. The first-order valence-corrected chi connectivity index (χ1v) is 11.9. The van der Waals surface area contributed by atoms with Crippen molar-refractivity contribution in [3.05, 3.63) is 69.6 Å². The highest BCUT2D eigenvalue weighted by atomic mass is 79.9. The normalized spacial score (nSPS) is 19.0. The average molecular weight is 517 g/mol. The number of benzene rings is 2. The van der Waals surface area contributed by atoms with Gasteiger partial charge in [0.1, 0.15) is 22.2 Å². The van der Waals surface area contributed by atoms with Crippen LogP contribution in [-0.2, 0) is 16.0 Å². The zero-order valence-corrected chi connectivity index (χ0v) is 20.4. The molecule has 2 heterocycles. The van der Waals surface area contributed by atoms with E-state index in [1.807, 2.05) is 36.4 Å². The lowest BCUT2D eigenvalue weighted by Gasteiger charge is -2.44. The van der Waals surface area contributed by atoms with Crippen LogP contribution >= 0.6 is 27.3 Å². The molecule has 1 aliphatic heterocycles. The van der Waals surface area contributed by atoms with Crippen LogP contribution in [0.2, 0.25) is 0 Å². The largest absolute Gasteiger partial charge is 0.496 e. The molecule has 168 valence electrons. The van der Waals surface area contributed by atoms with Crippen LogP contribution in [0, 0.1) is 0 Å². The third-order valence-electron chi connectivity index (χ3n) is 5.51. The number of carbonyl (C=O) groups excluding carboxylic acids is 1. The maximum Gasteiger partial charge on any atom is 0.350 e. The second kappa shape index (κ2) is 10.1. The molecular weight excluding hydrogens is 492 g/mol. The number of rotatable bonds is 7. The summed E-state index contributed by atoms with van der Waals surface area (Å²) in [7, 11) is 1.61. The molecule has 1 atom stereocenters. The highest BCUT2D eigenvalue weighted by Gasteiger charge is 2.37. The highest BCUT2D eigenvalue weighted by molar-refractivity contribution is 9.10. The van der Waals surface area contributed by atoms with E-state index < -0.39 is 5.54 Å². The van der Waals surface area contributed by atoms with Gasteiger partial charge in [0.15, 0.2) is 0 Å². The van der Waals surface area contributed by atoms with E-state index in [-0.39, 0.29) is 12.6 Å². The van der Waals surface area contributed by atoms with E-state index in [4.69, 9.17) is 14.2 Å². The molecule has 0 saturated carbocycles. The van der Waals surface area contributed by atoms with Crippen LogP contribution in [0.25, 0.3) is 10.6 Å². The average Bonchev–Trinajstić information content (AvgIpc) is 3.30. The van der Waals surface area contributed by atoms with E-state index in [2.05, 4.69) is 44.9 Å². The van der Waals surface area contributed by atoms with Gasteiger partial charge in [-0.2, -0.15) is 0 Å². The summed E-state index contributed by atoms with van der Waals surface area (Å²) < 4.78 is 17.8. The lowest BCUT2D eigenvalue weighted by atomic mass is 9.99. The van der Waals surface area contributed by atoms with Gasteiger partial charge in [-0.3, -0.25) is 4.90 Å². The molecule has 1 saturated heterocycles. The number of esters is 1. The van der Waals surface area contributed by atoms with Crippen molar-refractivity contribution in [3.63, 3.8) is 0 Å². The summed E-state index contributed by atoms with van der Waals surface area (Å²) in [6.45, 7) is 5.07. The maximum absolute atomic E-state index is 12.8. The number of halogens is 1. The third-order valence-corrected chi connectivity index (χ3v) is 7.02. The molecular formula is C24H25BrN2O4S. The van der Waals surface area contributed by atoms with Crippen molar-refractivity contribution in [2.75, 3.05) is 33.5 Å². The fraction of sp³-hybridized carbons (Fsp3) is 0.333. The van der Waals surface area contributed by atoms with E-state index in [1.165, 1.54) is 16.9 Å². The molecule has 0 bridgehead atoms. The fourth-order valence-electron chi connectivity index (χ4n) is 3.67. The lowest BCUT2D eigenvalue weighted by molar-refractivity contribution is -0.0899. The number of methoxy groups -OCH3 is 1. The Morgan fingerprint density at radius 2 is 2.09 bits per heavy atom. The Labute approximate surface area is 200 Å². The lowest BCUT2D eigenvalue weighted by Crippen LogP contribution is -2.57. The van der Waals surface area contributed by atoms with Crippen molar-refractivity contribution in [3.8, 4) is 16.3 Å². The maximum atomic E-state index is 12.8. The Kier molecular flexibility index (Phi) is 7.25. The fourth-order valence-corrected chi connectivity index (χ4v) is 4.86. The van der Waals surface area contributed by atoms with Crippen LogP contribution in [0.4, 0.5) is 0 Å². The van der Waals surface area contributed by atoms with Crippen molar-refractivity contribution in [2.24, 2.45) is 0 Å². The van der Waals surface area contributed by atoms with Crippen LogP contribution in [0.3, 0.4) is 0 Å². The highest BCUT2D eigenvalue weighted by Crippen LogP contribution is 2.35. The molecule has 1 unspecified atom stereocenters. The number of nitrogens with zero attached hydrogens (tertiary/aromatic N) is 2. The summed E-state index contributed by atoms with van der Waals surface area (Å²) in [5.74, 6) is 0.319. The SMILES string of the molecule is COc1ccc(Br)cc1-c1ncc(C(=O)OCC2(C)COCCN2Cc2ccccc2)s1. The number of hydrogen-bond acceptors (Lipinski definition) is 7. The molecule has 0 radical (unpaired) electrons. The summed E-state index contributed by atoms with van der Waals surface area (Å²) in [6, 6.07) is 16.0. The summed E-state index contributed by atoms with van der Waals surface area (Å²) in [5, 5.41) is 0.702. The van der Waals surface area contributed by atoms with Gasteiger partial charge < -0.3 is 14.2 Å². The molecule has 0 aliphatic carbocycles. The first-order valence-electron chi connectivity index (χ1n) is 10.3. The predicted octanol–water partition coefficient (Wildman–Crippen LogP) is 5.03. The first kappa shape index (κ1) is 22.9. The van der Waals surface area contributed by atoms with Crippen LogP contribution in [0.5, 0.6) is 5.75 Å². The van der Waals surface area contributed by atoms with Gasteiger partial charge in [-0.05, 0) is 30.7 Å². The minimum atomic E-state index is -0.398. The predicted molar refractivity (Wildman–Crippen MR) is 128 cm³/mol. The Bertz CT molecular complexity index is 1070. The van der Waals surface area contributed by atoms with Crippen molar-refractivity contribution >= 4 is 33.2 Å². The number of ether oxygens (including phenoxy) is 3. The second-order valence-electron chi connectivity index (χ2n) is 7.91. The molecule has 3 aromatic rings. The van der Waals surface area contributed by atoms with Gasteiger partial charge in [0.05, 0.1) is 37.6 Å². The summed E-state index contributed by atoms with van der Waals surface area (Å²) >= 11 is 4.77. The minimum absolute atomic E-state index is 0.242. The molecule has 32 heavy (non-hydrogen) atoms. The van der Waals surface area contributed by atoms with Crippen LogP contribution in [-0.4, -0.2) is 54.9 Å². The third kappa shape index (κ3) is 5.20. The van der Waals surface area contributed by atoms with Crippen LogP contribution < -0.4 is 4.74 Å². The zero-order chi connectivity index (χ0) is 22.6. The number of carbonyl (C=O) groups is 1. The monoisotopic (exact) mass is 516 g/mol. The molecule has 0 spiro atoms. The minimum Gasteiger partial charge on any atom is -0.496 e. The van der Waals surface area contributed by atoms with Gasteiger partial charge in [-0.1, -0.05) is 46.3 Å². The second-order valence-corrected chi connectivity index (χ2v) is 9.85. The Balaban J connectivity index is 1.44. The van der Waals surface area contributed by atoms with Gasteiger partial charge in [-0.25, -0.2) is 9.78 Å². The van der Waals surface area contributed by atoms with E-state index in [1.54, 1.807) is 13.3 Å². The Morgan fingerprint density at radius 1 is 1.28 bits per heavy atom. The van der Waals surface area contributed by atoms with Gasteiger partial charge in [-0.15, -0.1) is 11.3 Å². The number of hydrogen-bond donors (Lipinski definition) is 0. The molecule has 6 nitrogen and oxygen atoms in total. The smallest absolute Gasteiger partial charge is 0.350 e. The molecule has 0 amide bonds. The zero-order valence-electron chi connectivity index (χ0n) is 18.0. The van der Waals surface area contributed by atoms with E-state index in [0.717, 1.165) is 23.1 Å². The van der Waals surface area contributed by atoms with Gasteiger partial charge >= 0.3 is 5.97 Å². The molecule has 1 aliphatic rings. The quantitative estimate of drug-likeness (QED) is 0.410. The van der Waals surface area contributed by atoms with E-state index in [9.17, 15) is 4.79 Å². The standard InChI is InChI=1S/C24H25BrN2O4S/c1-24(15-30-11-10-27(24)14-17-6-4-3-5-7-17)16-31-23(28)21-13-26-22(32-21)19-12-18(25)8-9-20(19)29-2/h3-9,12-13H,10-11,14-16H2,1-2H3. The van der Waals surface area contributed by atoms with Crippen molar-refractivity contribution in [1.82, 2.24) is 9.88 Å². The van der Waals surface area contributed by atoms with E-state index >= 15 is 0 Å². The van der Waals surface area contributed by atoms with Crippen molar-refractivity contribution in [2.45, 2.75) is 19.0 Å². The molecule has 4 rings (SSSR count). The van der Waals surface area contributed by atoms with Gasteiger partial charge in [0.25, 0.3) is 0 Å². The Morgan fingerprint density at radius 3 is 2.88 bits per heavy atom. The van der Waals surface area contributed by atoms with Gasteiger partial charge in [0.2, 0.25) is 0 Å². The van der Waals surface area contributed by atoms with Gasteiger partial charge in [0, 0.05) is 17.6 Å². The molecule has 1 fully saturated rings. The first-order chi connectivity index (χ1) is 15.5. The van der Waals surface area contributed by atoms with Crippen molar-refractivity contribution < 1.29 is 19.0 Å². The number of thiazole rings is 1. The number of aromatic nitrogens is 1.